The number of hydrogen-bond acceptors (Lipinski definition) is 3. The van der Waals surface area contributed by atoms with Crippen LogP contribution in [-0.2, 0) is 17.8 Å². The molecule has 0 aliphatic heterocycles. The Morgan fingerprint density at radius 3 is 2.13 bits per heavy atom. The molecule has 2 N–H and O–H groups in total. The van der Waals surface area contributed by atoms with Crippen molar-refractivity contribution in [3.8, 4) is 0 Å². The Bertz CT molecular complexity index is 463. The predicted molar refractivity (Wildman–Crippen MR) is 95.3 cm³/mol. The first-order valence-corrected chi connectivity index (χ1v) is 8.62. The zero-order valence-corrected chi connectivity index (χ0v) is 15.2. The highest BCUT2D eigenvalue weighted by Gasteiger charge is 2.15. The lowest BCUT2D eigenvalue weighted by atomic mass is 10.1. The second-order valence-electron chi connectivity index (χ2n) is 6.95. The highest BCUT2D eigenvalue weighted by molar-refractivity contribution is 5.67. The molecule has 130 valence electrons. The maximum absolute atomic E-state index is 11.6. The average molecular weight is 320 g/mol. The van der Waals surface area contributed by atoms with Crippen LogP contribution < -0.4 is 10.6 Å². The van der Waals surface area contributed by atoms with E-state index in [1.807, 2.05) is 20.8 Å². The van der Waals surface area contributed by atoms with Crippen molar-refractivity contribution in [1.29, 1.82) is 0 Å². The SMILES string of the molecule is CCCC(CC)NCc1ccc(CNC(=O)OC(C)(C)C)cc1. The number of alkyl carbamates (subject to hydrolysis) is 1. The van der Waals surface area contributed by atoms with Crippen LogP contribution in [0.4, 0.5) is 4.79 Å². The molecule has 0 aromatic heterocycles. The van der Waals surface area contributed by atoms with Crippen molar-refractivity contribution in [2.45, 2.75) is 78.6 Å². The zero-order valence-electron chi connectivity index (χ0n) is 15.2. The van der Waals surface area contributed by atoms with Crippen molar-refractivity contribution in [3.05, 3.63) is 35.4 Å². The van der Waals surface area contributed by atoms with Gasteiger partial charge in [-0.3, -0.25) is 0 Å². The highest BCUT2D eigenvalue weighted by atomic mass is 16.6. The van der Waals surface area contributed by atoms with Gasteiger partial charge in [-0.1, -0.05) is 44.5 Å². The Morgan fingerprint density at radius 1 is 1.09 bits per heavy atom. The van der Waals surface area contributed by atoms with Crippen LogP contribution in [-0.4, -0.2) is 17.7 Å². The topological polar surface area (TPSA) is 50.4 Å². The average Bonchev–Trinajstić information content (AvgIpc) is 2.48. The molecule has 1 atom stereocenters. The molecule has 1 amide bonds. The fourth-order valence-corrected chi connectivity index (χ4v) is 2.32. The van der Waals surface area contributed by atoms with Crippen molar-refractivity contribution in [3.63, 3.8) is 0 Å². The van der Waals surface area contributed by atoms with Crippen LogP contribution in [0.1, 0.15) is 65.0 Å². The summed E-state index contributed by atoms with van der Waals surface area (Å²) >= 11 is 0. The molecule has 0 heterocycles. The van der Waals surface area contributed by atoms with Crippen LogP contribution >= 0.6 is 0 Å². The molecule has 1 aromatic carbocycles. The predicted octanol–water partition coefficient (Wildman–Crippen LogP) is 4.38. The molecule has 0 saturated heterocycles. The van der Waals surface area contributed by atoms with Gasteiger partial charge in [0.25, 0.3) is 0 Å². The number of nitrogens with one attached hydrogen (secondary N) is 2. The van der Waals surface area contributed by atoms with Crippen molar-refractivity contribution in [2.75, 3.05) is 0 Å². The summed E-state index contributed by atoms with van der Waals surface area (Å²) < 4.78 is 5.22. The van der Waals surface area contributed by atoms with Gasteiger partial charge in [-0.25, -0.2) is 4.79 Å². The third-order valence-electron chi connectivity index (χ3n) is 3.58. The van der Waals surface area contributed by atoms with Gasteiger partial charge in [0.2, 0.25) is 0 Å². The molecule has 4 nitrogen and oxygen atoms in total. The number of hydrogen-bond donors (Lipinski definition) is 2. The standard InChI is InChI=1S/C19H32N2O2/c1-6-8-17(7-2)20-13-15-9-11-16(12-10-15)14-21-18(22)23-19(3,4)5/h9-12,17,20H,6-8,13-14H2,1-5H3,(H,21,22). The third-order valence-corrected chi connectivity index (χ3v) is 3.58. The van der Waals surface area contributed by atoms with Crippen LogP contribution in [0.3, 0.4) is 0 Å². The van der Waals surface area contributed by atoms with E-state index in [4.69, 9.17) is 4.74 Å². The lowest BCUT2D eigenvalue weighted by molar-refractivity contribution is 0.0523. The molecule has 1 aromatic rings. The normalized spacial score (nSPS) is 12.7. The van der Waals surface area contributed by atoms with Crippen LogP contribution in [0.2, 0.25) is 0 Å². The van der Waals surface area contributed by atoms with E-state index in [9.17, 15) is 4.79 Å². The molecule has 4 heteroatoms. The minimum atomic E-state index is -0.464. The van der Waals surface area contributed by atoms with E-state index < -0.39 is 5.60 Å². The van der Waals surface area contributed by atoms with Crippen molar-refractivity contribution in [1.82, 2.24) is 10.6 Å². The molecule has 0 saturated carbocycles. The number of ether oxygens (including phenoxy) is 1. The maximum Gasteiger partial charge on any atom is 0.407 e. The number of amides is 1. The molecule has 0 spiro atoms. The number of carbonyl (C=O) groups excluding carboxylic acids is 1. The summed E-state index contributed by atoms with van der Waals surface area (Å²) in [6.45, 7) is 11.4. The molecule has 23 heavy (non-hydrogen) atoms. The summed E-state index contributed by atoms with van der Waals surface area (Å²) in [6, 6.07) is 8.91. The van der Waals surface area contributed by atoms with Gasteiger partial charge in [0.15, 0.2) is 0 Å². The molecular formula is C19H32N2O2. The quantitative estimate of drug-likeness (QED) is 0.747. The highest BCUT2D eigenvalue weighted by Crippen LogP contribution is 2.09. The summed E-state index contributed by atoms with van der Waals surface area (Å²) in [7, 11) is 0. The van der Waals surface area contributed by atoms with Crippen molar-refractivity contribution in [2.24, 2.45) is 0 Å². The van der Waals surface area contributed by atoms with Gasteiger partial charge in [0.05, 0.1) is 0 Å². The van der Waals surface area contributed by atoms with E-state index >= 15 is 0 Å². The number of benzene rings is 1. The Labute approximate surface area is 141 Å². The molecule has 0 bridgehead atoms. The van der Waals surface area contributed by atoms with Gasteiger partial charge in [0.1, 0.15) is 5.60 Å². The summed E-state index contributed by atoms with van der Waals surface area (Å²) in [6.07, 6.45) is 3.20. The minimum absolute atomic E-state index is 0.381. The molecular weight excluding hydrogens is 288 g/mol. The first kappa shape index (κ1) is 19.5. The monoisotopic (exact) mass is 320 g/mol. The lowest BCUT2D eigenvalue weighted by Crippen LogP contribution is -2.32. The van der Waals surface area contributed by atoms with Gasteiger partial charge in [-0.05, 0) is 44.7 Å². The van der Waals surface area contributed by atoms with Gasteiger partial charge in [-0.2, -0.15) is 0 Å². The van der Waals surface area contributed by atoms with Crippen LogP contribution in [0, 0.1) is 0 Å². The third kappa shape index (κ3) is 8.60. The summed E-state index contributed by atoms with van der Waals surface area (Å²) in [5.74, 6) is 0. The van der Waals surface area contributed by atoms with Crippen LogP contribution in [0.5, 0.6) is 0 Å². The fourth-order valence-electron chi connectivity index (χ4n) is 2.32. The molecule has 0 aliphatic carbocycles. The second kappa shape index (κ2) is 9.56. The lowest BCUT2D eigenvalue weighted by Gasteiger charge is -2.19. The minimum Gasteiger partial charge on any atom is -0.444 e. The summed E-state index contributed by atoms with van der Waals surface area (Å²) in [5.41, 5.74) is 1.87. The van der Waals surface area contributed by atoms with E-state index in [0.29, 0.717) is 12.6 Å². The fraction of sp³-hybridized carbons (Fsp3) is 0.632. The maximum atomic E-state index is 11.6. The van der Waals surface area contributed by atoms with Gasteiger partial charge < -0.3 is 15.4 Å². The zero-order chi connectivity index (χ0) is 17.3. The number of rotatable bonds is 8. The van der Waals surface area contributed by atoms with Gasteiger partial charge in [0, 0.05) is 19.1 Å². The Hall–Kier alpha value is -1.55. The number of carbonyl (C=O) groups is 1. The summed E-state index contributed by atoms with van der Waals surface area (Å²) in [5, 5.41) is 6.37. The van der Waals surface area contributed by atoms with Crippen molar-refractivity contribution < 1.29 is 9.53 Å². The Kier molecular flexibility index (Phi) is 8.10. The summed E-state index contributed by atoms with van der Waals surface area (Å²) in [4.78, 5) is 11.6. The van der Waals surface area contributed by atoms with E-state index in [1.54, 1.807) is 0 Å². The second-order valence-corrected chi connectivity index (χ2v) is 6.95. The van der Waals surface area contributed by atoms with E-state index in [2.05, 4.69) is 48.7 Å². The molecule has 0 radical (unpaired) electrons. The molecule has 0 fully saturated rings. The van der Waals surface area contributed by atoms with E-state index in [1.165, 1.54) is 18.4 Å². The van der Waals surface area contributed by atoms with Gasteiger partial charge >= 0.3 is 6.09 Å². The first-order valence-electron chi connectivity index (χ1n) is 8.62. The van der Waals surface area contributed by atoms with Gasteiger partial charge in [-0.15, -0.1) is 0 Å². The first-order chi connectivity index (χ1) is 10.8. The Balaban J connectivity index is 2.40. The van der Waals surface area contributed by atoms with Crippen LogP contribution in [0.25, 0.3) is 0 Å². The van der Waals surface area contributed by atoms with E-state index in [0.717, 1.165) is 18.5 Å². The molecule has 0 aliphatic rings. The largest absolute Gasteiger partial charge is 0.444 e. The Morgan fingerprint density at radius 2 is 1.65 bits per heavy atom. The molecule has 1 unspecified atom stereocenters. The van der Waals surface area contributed by atoms with E-state index in [-0.39, 0.29) is 6.09 Å². The van der Waals surface area contributed by atoms with Crippen LogP contribution in [0.15, 0.2) is 24.3 Å². The smallest absolute Gasteiger partial charge is 0.407 e. The van der Waals surface area contributed by atoms with Crippen molar-refractivity contribution >= 4 is 6.09 Å². The molecule has 1 rings (SSSR count).